The molecule has 0 unspecified atom stereocenters. The van der Waals surface area contributed by atoms with E-state index in [9.17, 15) is 19.5 Å². The Morgan fingerprint density at radius 3 is 2.63 bits per heavy atom. The van der Waals surface area contributed by atoms with Gasteiger partial charge in [-0.15, -0.1) is 0 Å². The first-order valence-electron chi connectivity index (χ1n) is 11.1. The Morgan fingerprint density at radius 2 is 1.97 bits per heavy atom. The topological polar surface area (TPSA) is 101 Å². The van der Waals surface area contributed by atoms with Crippen molar-refractivity contribution in [2.24, 2.45) is 34.5 Å². The molecular formula is C24H32O6. The summed E-state index contributed by atoms with van der Waals surface area (Å²) in [6.07, 6.45) is 9.31. The van der Waals surface area contributed by atoms with Gasteiger partial charge >= 0.3 is 11.9 Å². The third kappa shape index (κ3) is 2.68. The van der Waals surface area contributed by atoms with Crippen LogP contribution in [0.15, 0.2) is 23.8 Å². The molecule has 164 valence electrons. The Kier molecular flexibility index (Phi) is 5.00. The Labute approximate surface area is 177 Å². The zero-order chi connectivity index (χ0) is 21.9. The zero-order valence-corrected chi connectivity index (χ0v) is 18.0. The van der Waals surface area contributed by atoms with Crippen molar-refractivity contribution in [3.63, 3.8) is 0 Å². The van der Waals surface area contributed by atoms with Crippen LogP contribution in [0, 0.1) is 34.5 Å². The quantitative estimate of drug-likeness (QED) is 0.682. The molecule has 2 N–H and O–H groups in total. The highest BCUT2D eigenvalue weighted by Gasteiger charge is 2.72. The van der Waals surface area contributed by atoms with Crippen LogP contribution in [0.4, 0.5) is 0 Å². The molecule has 4 aliphatic carbocycles. The second kappa shape index (κ2) is 7.04. The molecule has 4 rings (SSSR count). The molecule has 7 atom stereocenters. The van der Waals surface area contributed by atoms with Crippen LogP contribution in [0.1, 0.15) is 59.3 Å². The van der Waals surface area contributed by atoms with Crippen molar-refractivity contribution < 1.29 is 29.3 Å². The minimum absolute atomic E-state index is 0.0525. The van der Waals surface area contributed by atoms with E-state index in [-0.39, 0.29) is 36.1 Å². The molecule has 6 heteroatoms. The van der Waals surface area contributed by atoms with E-state index in [4.69, 9.17) is 9.84 Å². The van der Waals surface area contributed by atoms with Gasteiger partial charge in [0.05, 0.1) is 13.0 Å². The van der Waals surface area contributed by atoms with Crippen molar-refractivity contribution in [2.75, 3.05) is 6.61 Å². The molecule has 3 fully saturated rings. The van der Waals surface area contributed by atoms with E-state index in [1.807, 2.05) is 13.8 Å². The van der Waals surface area contributed by atoms with Crippen molar-refractivity contribution in [3.05, 3.63) is 23.8 Å². The van der Waals surface area contributed by atoms with Crippen molar-refractivity contribution in [1.82, 2.24) is 0 Å². The number of hydrogen-bond acceptors (Lipinski definition) is 5. The normalized spacial score (nSPS) is 44.5. The van der Waals surface area contributed by atoms with Gasteiger partial charge < -0.3 is 14.9 Å². The number of fused-ring (bicyclic) bond motifs is 5. The molecule has 0 spiro atoms. The highest BCUT2D eigenvalue weighted by molar-refractivity contribution is 6.01. The molecule has 0 amide bonds. The number of carbonyl (C=O) groups excluding carboxylic acids is 2. The third-order valence-corrected chi connectivity index (χ3v) is 9.00. The maximum absolute atomic E-state index is 12.6. The number of aliphatic hydroxyl groups is 1. The molecule has 4 aliphatic rings. The Balaban J connectivity index is 1.71. The summed E-state index contributed by atoms with van der Waals surface area (Å²) in [7, 11) is 0. The van der Waals surface area contributed by atoms with Crippen molar-refractivity contribution in [2.45, 2.75) is 64.9 Å². The van der Waals surface area contributed by atoms with Crippen LogP contribution < -0.4 is 0 Å². The molecule has 0 saturated heterocycles. The van der Waals surface area contributed by atoms with E-state index in [2.05, 4.69) is 13.0 Å². The van der Waals surface area contributed by atoms with Gasteiger partial charge in [-0.25, -0.2) is 4.79 Å². The standard InChI is InChI=1S/C24H32O6/c1-14-12-19-17-5-4-15-13-16(26)6-9-22(15,2)18(17)7-10-23(19,3)24(14,21(28)29)30-20(27)8-11-25/h6,9,13-14,17-19,25H,4-5,7-8,10-12H2,1-3H3,(H,28,29)/t14-,17-,18+,19+,22+,23+,24+/m1/s1. The molecule has 30 heavy (non-hydrogen) atoms. The average molecular weight is 417 g/mol. The number of allylic oxidation sites excluding steroid dienone is 4. The van der Waals surface area contributed by atoms with Crippen LogP contribution in [0.25, 0.3) is 0 Å². The van der Waals surface area contributed by atoms with Gasteiger partial charge in [0, 0.05) is 16.7 Å². The fourth-order valence-electron chi connectivity index (χ4n) is 7.56. The molecule has 3 saturated carbocycles. The lowest BCUT2D eigenvalue weighted by Gasteiger charge is -2.57. The minimum atomic E-state index is -1.57. The van der Waals surface area contributed by atoms with E-state index in [0.29, 0.717) is 24.7 Å². The van der Waals surface area contributed by atoms with Gasteiger partial charge in [0.25, 0.3) is 0 Å². The molecule has 0 aromatic rings. The molecule has 0 heterocycles. The summed E-state index contributed by atoms with van der Waals surface area (Å²) in [4.78, 5) is 36.9. The third-order valence-electron chi connectivity index (χ3n) is 9.00. The first-order chi connectivity index (χ1) is 14.1. The number of esters is 1. The van der Waals surface area contributed by atoms with E-state index in [1.54, 1.807) is 12.2 Å². The van der Waals surface area contributed by atoms with Crippen LogP contribution in [-0.2, 0) is 19.1 Å². The summed E-state index contributed by atoms with van der Waals surface area (Å²) in [5.41, 5.74) is -1.19. The zero-order valence-electron chi connectivity index (χ0n) is 18.0. The van der Waals surface area contributed by atoms with Crippen LogP contribution >= 0.6 is 0 Å². The van der Waals surface area contributed by atoms with Crippen LogP contribution in [0.5, 0.6) is 0 Å². The van der Waals surface area contributed by atoms with Gasteiger partial charge in [0.15, 0.2) is 5.78 Å². The van der Waals surface area contributed by atoms with Crippen LogP contribution in [-0.4, -0.2) is 40.1 Å². The van der Waals surface area contributed by atoms with Gasteiger partial charge in [0.2, 0.25) is 5.60 Å². The maximum atomic E-state index is 12.6. The summed E-state index contributed by atoms with van der Waals surface area (Å²) in [6, 6.07) is 0. The Morgan fingerprint density at radius 1 is 1.23 bits per heavy atom. The second-order valence-corrected chi connectivity index (χ2v) is 10.2. The van der Waals surface area contributed by atoms with Crippen LogP contribution in [0.2, 0.25) is 0 Å². The largest absolute Gasteiger partial charge is 0.478 e. The highest BCUT2D eigenvalue weighted by atomic mass is 16.6. The lowest BCUT2D eigenvalue weighted by atomic mass is 9.47. The molecule has 0 aromatic heterocycles. The first kappa shape index (κ1) is 21.3. The summed E-state index contributed by atoms with van der Waals surface area (Å²) in [5.74, 6) is -1.17. The second-order valence-electron chi connectivity index (χ2n) is 10.2. The van der Waals surface area contributed by atoms with Gasteiger partial charge in [-0.3, -0.25) is 9.59 Å². The Bertz CT molecular complexity index is 843. The number of aliphatic carboxylic acids is 1. The lowest BCUT2D eigenvalue weighted by molar-refractivity contribution is -0.207. The lowest BCUT2D eigenvalue weighted by Crippen LogP contribution is -2.60. The van der Waals surface area contributed by atoms with Gasteiger partial charge in [-0.1, -0.05) is 32.4 Å². The fourth-order valence-corrected chi connectivity index (χ4v) is 7.56. The molecule has 0 radical (unpaired) electrons. The monoisotopic (exact) mass is 416 g/mol. The predicted octanol–water partition coefficient (Wildman–Crippen LogP) is 3.29. The van der Waals surface area contributed by atoms with Crippen molar-refractivity contribution in [3.8, 4) is 0 Å². The molecule has 0 aliphatic heterocycles. The average Bonchev–Trinajstić information content (AvgIpc) is 2.90. The SMILES string of the molecule is C[C@@H]1C[C@H]2[C@@H]3CCC4=CC(=O)C=C[C@]4(C)[C@H]3CC[C@]2(C)[C@@]1(OC(=O)CCO)C(=O)O. The minimum Gasteiger partial charge on any atom is -0.478 e. The number of rotatable bonds is 4. The Hall–Kier alpha value is -1.95. The molecule has 6 nitrogen and oxygen atoms in total. The number of ether oxygens (including phenoxy) is 1. The summed E-state index contributed by atoms with van der Waals surface area (Å²) in [6.45, 7) is 5.73. The number of aliphatic hydroxyl groups excluding tert-OH is 1. The molecule has 0 bridgehead atoms. The summed E-state index contributed by atoms with van der Waals surface area (Å²) in [5, 5.41) is 19.4. The number of carbonyl (C=O) groups is 3. The number of carboxylic acids is 1. The highest BCUT2D eigenvalue weighted by Crippen LogP contribution is 2.69. The van der Waals surface area contributed by atoms with Crippen molar-refractivity contribution >= 4 is 17.7 Å². The maximum Gasteiger partial charge on any atom is 0.349 e. The van der Waals surface area contributed by atoms with Gasteiger partial charge in [-0.05, 0) is 62.0 Å². The fraction of sp³-hybridized carbons (Fsp3) is 0.708. The van der Waals surface area contributed by atoms with E-state index < -0.39 is 23.0 Å². The molecule has 0 aromatic carbocycles. The van der Waals surface area contributed by atoms with Crippen LogP contribution in [0.3, 0.4) is 0 Å². The van der Waals surface area contributed by atoms with E-state index in [0.717, 1.165) is 19.3 Å². The number of ketones is 1. The van der Waals surface area contributed by atoms with E-state index in [1.165, 1.54) is 5.57 Å². The smallest absolute Gasteiger partial charge is 0.349 e. The van der Waals surface area contributed by atoms with E-state index >= 15 is 0 Å². The number of carboxylic acid groups (broad SMARTS) is 1. The summed E-state index contributed by atoms with van der Waals surface area (Å²) < 4.78 is 5.74. The first-order valence-corrected chi connectivity index (χ1v) is 11.1. The molecular weight excluding hydrogens is 384 g/mol. The number of hydrogen-bond donors (Lipinski definition) is 2. The predicted molar refractivity (Wildman–Crippen MR) is 109 cm³/mol. The van der Waals surface area contributed by atoms with Gasteiger partial charge in [-0.2, -0.15) is 0 Å². The van der Waals surface area contributed by atoms with Crippen molar-refractivity contribution in [1.29, 1.82) is 0 Å². The van der Waals surface area contributed by atoms with Gasteiger partial charge in [0.1, 0.15) is 0 Å². The summed E-state index contributed by atoms with van der Waals surface area (Å²) >= 11 is 0.